The van der Waals surface area contributed by atoms with E-state index in [2.05, 4.69) is 0 Å². The molecule has 5 nitrogen and oxygen atoms in total. The van der Waals surface area contributed by atoms with Crippen LogP contribution in [0.4, 0.5) is 0 Å². The van der Waals surface area contributed by atoms with Crippen LogP contribution < -0.4 is 0 Å². The molecule has 0 spiro atoms. The number of piperazine rings is 1. The van der Waals surface area contributed by atoms with E-state index in [0.29, 0.717) is 19.4 Å². The monoisotopic (exact) mass is 276 g/mol. The third kappa shape index (κ3) is 3.17. The first-order valence-electron chi connectivity index (χ1n) is 6.82. The van der Waals surface area contributed by atoms with E-state index in [1.54, 1.807) is 11.9 Å². The van der Waals surface area contributed by atoms with E-state index >= 15 is 0 Å². The molecule has 1 heterocycles. The summed E-state index contributed by atoms with van der Waals surface area (Å²) in [5.41, 5.74) is 1.01. The Bertz CT molecular complexity index is 475. The first kappa shape index (κ1) is 14.5. The maximum atomic E-state index is 12.2. The molecule has 20 heavy (non-hydrogen) atoms. The van der Waals surface area contributed by atoms with Gasteiger partial charge in [0.05, 0.1) is 6.54 Å². The van der Waals surface area contributed by atoms with Crippen molar-refractivity contribution in [1.82, 2.24) is 9.80 Å². The standard InChI is InChI=1S/C15H20N2O3/c1-16-11-14(19)17(10-12-6-3-2-4-7-12)13(15(16)20)8-5-9-18/h2-4,6-7,13,18H,5,8-11H2,1H3. The number of carbonyl (C=O) groups is 2. The van der Waals surface area contributed by atoms with Crippen LogP contribution in [0.25, 0.3) is 0 Å². The van der Waals surface area contributed by atoms with Crippen LogP contribution in [0.1, 0.15) is 18.4 Å². The molecule has 0 saturated carbocycles. The Kier molecular flexibility index (Phi) is 4.74. The highest BCUT2D eigenvalue weighted by atomic mass is 16.3. The Morgan fingerprint density at radius 2 is 1.95 bits per heavy atom. The second-order valence-electron chi connectivity index (χ2n) is 5.08. The Morgan fingerprint density at radius 3 is 2.60 bits per heavy atom. The smallest absolute Gasteiger partial charge is 0.245 e. The van der Waals surface area contributed by atoms with Crippen molar-refractivity contribution in [3.63, 3.8) is 0 Å². The minimum Gasteiger partial charge on any atom is -0.396 e. The molecule has 1 aliphatic rings. The third-order valence-corrected chi connectivity index (χ3v) is 3.56. The topological polar surface area (TPSA) is 60.9 Å². The summed E-state index contributed by atoms with van der Waals surface area (Å²) >= 11 is 0. The number of likely N-dealkylation sites (N-methyl/N-ethyl adjacent to an activating group) is 1. The van der Waals surface area contributed by atoms with Crippen LogP contribution in [0, 0.1) is 0 Å². The number of amides is 2. The van der Waals surface area contributed by atoms with Gasteiger partial charge in [-0.3, -0.25) is 9.59 Å². The second kappa shape index (κ2) is 6.52. The molecule has 0 aliphatic carbocycles. The maximum Gasteiger partial charge on any atom is 0.245 e. The van der Waals surface area contributed by atoms with Crippen LogP contribution in [-0.2, 0) is 16.1 Å². The molecule has 1 saturated heterocycles. The fourth-order valence-electron chi connectivity index (χ4n) is 2.48. The SMILES string of the molecule is CN1CC(=O)N(Cc2ccccc2)C(CCCO)C1=O. The lowest BCUT2D eigenvalue weighted by Crippen LogP contribution is -2.58. The number of carbonyl (C=O) groups excluding carboxylic acids is 2. The lowest BCUT2D eigenvalue weighted by molar-refractivity contribution is -0.155. The second-order valence-corrected chi connectivity index (χ2v) is 5.08. The van der Waals surface area contributed by atoms with Gasteiger partial charge < -0.3 is 14.9 Å². The summed E-state index contributed by atoms with van der Waals surface area (Å²) in [5, 5.41) is 8.96. The highest BCUT2D eigenvalue weighted by Crippen LogP contribution is 2.19. The predicted molar refractivity (Wildman–Crippen MR) is 74.7 cm³/mol. The van der Waals surface area contributed by atoms with E-state index in [1.807, 2.05) is 30.3 Å². The minimum atomic E-state index is -0.464. The van der Waals surface area contributed by atoms with Crippen molar-refractivity contribution in [2.24, 2.45) is 0 Å². The van der Waals surface area contributed by atoms with Crippen molar-refractivity contribution in [1.29, 1.82) is 0 Å². The third-order valence-electron chi connectivity index (χ3n) is 3.56. The fraction of sp³-hybridized carbons (Fsp3) is 0.467. The molecule has 5 heteroatoms. The molecule has 1 aromatic rings. The Balaban J connectivity index is 2.17. The Morgan fingerprint density at radius 1 is 1.25 bits per heavy atom. The fourth-order valence-corrected chi connectivity index (χ4v) is 2.48. The first-order valence-corrected chi connectivity index (χ1v) is 6.82. The van der Waals surface area contributed by atoms with Gasteiger partial charge in [0.15, 0.2) is 0 Å². The summed E-state index contributed by atoms with van der Waals surface area (Å²) in [6.45, 7) is 0.595. The number of nitrogens with zero attached hydrogens (tertiary/aromatic N) is 2. The molecular weight excluding hydrogens is 256 g/mol. The van der Waals surface area contributed by atoms with Crippen molar-refractivity contribution in [3.05, 3.63) is 35.9 Å². The highest BCUT2D eigenvalue weighted by Gasteiger charge is 2.37. The predicted octanol–water partition coefficient (Wildman–Crippen LogP) is 0.628. The van der Waals surface area contributed by atoms with Gasteiger partial charge in [0, 0.05) is 20.2 Å². The van der Waals surface area contributed by atoms with Crippen LogP contribution in [0.15, 0.2) is 30.3 Å². The summed E-state index contributed by atoms with van der Waals surface area (Å²) in [6, 6.07) is 9.18. The van der Waals surface area contributed by atoms with E-state index < -0.39 is 6.04 Å². The van der Waals surface area contributed by atoms with E-state index in [1.165, 1.54) is 4.90 Å². The maximum absolute atomic E-state index is 12.2. The molecule has 1 aromatic carbocycles. The van der Waals surface area contributed by atoms with Crippen molar-refractivity contribution in [2.45, 2.75) is 25.4 Å². The van der Waals surface area contributed by atoms with Gasteiger partial charge in [-0.05, 0) is 18.4 Å². The molecule has 2 amide bonds. The number of aliphatic hydroxyl groups excluding tert-OH is 1. The van der Waals surface area contributed by atoms with Crippen LogP contribution in [0.2, 0.25) is 0 Å². The summed E-state index contributed by atoms with van der Waals surface area (Å²) in [6.07, 6.45) is 1.01. The summed E-state index contributed by atoms with van der Waals surface area (Å²) in [7, 11) is 1.64. The van der Waals surface area contributed by atoms with E-state index in [4.69, 9.17) is 5.11 Å². The Labute approximate surface area is 118 Å². The zero-order valence-electron chi connectivity index (χ0n) is 11.7. The van der Waals surface area contributed by atoms with Crippen molar-refractivity contribution >= 4 is 11.8 Å². The molecule has 1 aliphatic heterocycles. The number of aliphatic hydroxyl groups is 1. The largest absolute Gasteiger partial charge is 0.396 e. The molecular formula is C15H20N2O3. The van der Waals surface area contributed by atoms with Crippen LogP contribution in [0.5, 0.6) is 0 Å². The molecule has 1 unspecified atom stereocenters. The average Bonchev–Trinajstić information content (AvgIpc) is 2.45. The van der Waals surface area contributed by atoms with Crippen LogP contribution in [-0.4, -0.2) is 53.0 Å². The molecule has 0 radical (unpaired) electrons. The quantitative estimate of drug-likeness (QED) is 0.858. The molecule has 0 aromatic heterocycles. The van der Waals surface area contributed by atoms with Crippen LogP contribution >= 0.6 is 0 Å². The van der Waals surface area contributed by atoms with Gasteiger partial charge in [0.1, 0.15) is 6.04 Å². The van der Waals surface area contributed by atoms with Gasteiger partial charge in [0.25, 0.3) is 0 Å². The van der Waals surface area contributed by atoms with Crippen molar-refractivity contribution < 1.29 is 14.7 Å². The highest BCUT2D eigenvalue weighted by molar-refractivity contribution is 5.94. The van der Waals surface area contributed by atoms with E-state index in [9.17, 15) is 9.59 Å². The lowest BCUT2D eigenvalue weighted by Gasteiger charge is -2.39. The van der Waals surface area contributed by atoms with Gasteiger partial charge in [-0.1, -0.05) is 30.3 Å². The zero-order valence-corrected chi connectivity index (χ0v) is 11.7. The number of benzene rings is 1. The summed E-state index contributed by atoms with van der Waals surface area (Å²) in [5.74, 6) is -0.0899. The van der Waals surface area contributed by atoms with Gasteiger partial charge in [-0.2, -0.15) is 0 Å². The molecule has 108 valence electrons. The van der Waals surface area contributed by atoms with Gasteiger partial charge >= 0.3 is 0 Å². The normalized spacial score (nSPS) is 19.6. The first-order chi connectivity index (χ1) is 9.63. The minimum absolute atomic E-state index is 0.0286. The van der Waals surface area contributed by atoms with Crippen molar-refractivity contribution in [2.75, 3.05) is 20.2 Å². The van der Waals surface area contributed by atoms with E-state index in [0.717, 1.165) is 5.56 Å². The molecule has 2 rings (SSSR count). The lowest BCUT2D eigenvalue weighted by atomic mass is 10.0. The zero-order chi connectivity index (χ0) is 14.5. The number of hydrogen-bond acceptors (Lipinski definition) is 3. The number of rotatable bonds is 5. The van der Waals surface area contributed by atoms with Gasteiger partial charge in [-0.25, -0.2) is 0 Å². The van der Waals surface area contributed by atoms with E-state index in [-0.39, 0.29) is 25.0 Å². The summed E-state index contributed by atoms with van der Waals surface area (Å²) < 4.78 is 0. The molecule has 1 fully saturated rings. The average molecular weight is 276 g/mol. The molecule has 0 bridgehead atoms. The molecule has 1 atom stereocenters. The van der Waals surface area contributed by atoms with Crippen LogP contribution in [0.3, 0.4) is 0 Å². The van der Waals surface area contributed by atoms with Crippen molar-refractivity contribution in [3.8, 4) is 0 Å². The Hall–Kier alpha value is -1.88. The summed E-state index contributed by atoms with van der Waals surface area (Å²) in [4.78, 5) is 27.5. The molecule has 1 N–H and O–H groups in total. The van der Waals surface area contributed by atoms with Gasteiger partial charge in [0.2, 0.25) is 11.8 Å². The number of hydrogen-bond donors (Lipinski definition) is 1. The van der Waals surface area contributed by atoms with Gasteiger partial charge in [-0.15, -0.1) is 0 Å².